The molecule has 2 fully saturated rings. The summed E-state index contributed by atoms with van der Waals surface area (Å²) in [4.78, 5) is 11.5. The fraction of sp³-hybridized carbons (Fsp3) is 0.900. The molecule has 3 heteroatoms. The van der Waals surface area contributed by atoms with Gasteiger partial charge in [-0.15, -0.1) is 0 Å². The van der Waals surface area contributed by atoms with E-state index in [4.69, 9.17) is 4.74 Å². The highest BCUT2D eigenvalue weighted by molar-refractivity contribution is 5.80. The van der Waals surface area contributed by atoms with Crippen LogP contribution in [0.3, 0.4) is 0 Å². The Morgan fingerprint density at radius 1 is 1.31 bits per heavy atom. The van der Waals surface area contributed by atoms with Crippen molar-refractivity contribution in [1.82, 2.24) is 5.32 Å². The van der Waals surface area contributed by atoms with Crippen molar-refractivity contribution in [3.8, 4) is 0 Å². The van der Waals surface area contributed by atoms with Gasteiger partial charge in [-0.2, -0.15) is 0 Å². The highest BCUT2D eigenvalue weighted by atomic mass is 16.5. The van der Waals surface area contributed by atoms with Crippen LogP contribution in [0.25, 0.3) is 0 Å². The number of nitrogens with one attached hydrogen (secondary N) is 1. The van der Waals surface area contributed by atoms with Gasteiger partial charge in [0.05, 0.1) is 0 Å². The molecule has 1 atom stereocenters. The van der Waals surface area contributed by atoms with Crippen molar-refractivity contribution < 1.29 is 9.53 Å². The predicted molar refractivity (Wildman–Crippen MR) is 49.3 cm³/mol. The Labute approximate surface area is 78.8 Å². The summed E-state index contributed by atoms with van der Waals surface area (Å²) in [5, 5.41) is 2.96. The first kappa shape index (κ1) is 9.00. The van der Waals surface area contributed by atoms with Crippen molar-refractivity contribution in [2.75, 3.05) is 13.2 Å². The van der Waals surface area contributed by atoms with Gasteiger partial charge in [0.15, 0.2) is 0 Å². The van der Waals surface area contributed by atoms with Crippen molar-refractivity contribution in [3.05, 3.63) is 0 Å². The Kier molecular flexibility index (Phi) is 2.83. The van der Waals surface area contributed by atoms with Gasteiger partial charge in [0.25, 0.3) is 0 Å². The summed E-state index contributed by atoms with van der Waals surface area (Å²) in [6, 6.07) is 0. The maximum atomic E-state index is 11.5. The molecule has 1 saturated carbocycles. The zero-order valence-corrected chi connectivity index (χ0v) is 7.92. The minimum absolute atomic E-state index is 0.101. The first-order chi connectivity index (χ1) is 6.36. The molecular formula is C10H17NO2. The Hall–Kier alpha value is -0.570. The largest absolute Gasteiger partial charge is 0.368 e. The molecule has 1 aliphatic carbocycles. The van der Waals surface area contributed by atoms with Crippen molar-refractivity contribution in [2.24, 2.45) is 5.92 Å². The first-order valence-corrected chi connectivity index (χ1v) is 5.25. The van der Waals surface area contributed by atoms with Gasteiger partial charge in [-0.3, -0.25) is 4.79 Å². The molecule has 1 N–H and O–H groups in total. The summed E-state index contributed by atoms with van der Waals surface area (Å²) in [6.07, 6.45) is 5.68. The zero-order chi connectivity index (χ0) is 9.10. The SMILES string of the molecule is O=C(NCC1CCC1)C1CCCO1. The van der Waals surface area contributed by atoms with Gasteiger partial charge < -0.3 is 10.1 Å². The zero-order valence-electron chi connectivity index (χ0n) is 7.92. The molecule has 1 saturated heterocycles. The smallest absolute Gasteiger partial charge is 0.249 e. The molecule has 2 aliphatic rings. The van der Waals surface area contributed by atoms with E-state index in [0.717, 1.165) is 31.9 Å². The van der Waals surface area contributed by atoms with Crippen LogP contribution in [-0.4, -0.2) is 25.2 Å². The lowest BCUT2D eigenvalue weighted by Gasteiger charge is -2.25. The fourth-order valence-corrected chi connectivity index (χ4v) is 1.84. The second-order valence-electron chi connectivity index (χ2n) is 4.04. The molecule has 0 aromatic carbocycles. The second kappa shape index (κ2) is 4.09. The van der Waals surface area contributed by atoms with Gasteiger partial charge in [0, 0.05) is 13.2 Å². The van der Waals surface area contributed by atoms with E-state index in [1.807, 2.05) is 0 Å². The van der Waals surface area contributed by atoms with Crippen LogP contribution in [0.2, 0.25) is 0 Å². The Bertz CT molecular complexity index is 183. The van der Waals surface area contributed by atoms with Gasteiger partial charge in [-0.1, -0.05) is 6.42 Å². The molecule has 1 amide bonds. The molecule has 1 aliphatic heterocycles. The number of rotatable bonds is 3. The Morgan fingerprint density at radius 3 is 2.69 bits per heavy atom. The molecule has 74 valence electrons. The first-order valence-electron chi connectivity index (χ1n) is 5.25. The van der Waals surface area contributed by atoms with E-state index in [1.54, 1.807) is 0 Å². The van der Waals surface area contributed by atoms with Crippen molar-refractivity contribution >= 4 is 5.91 Å². The van der Waals surface area contributed by atoms with E-state index in [2.05, 4.69) is 5.32 Å². The average Bonchev–Trinajstić information content (AvgIpc) is 2.52. The van der Waals surface area contributed by atoms with Crippen LogP contribution in [0.5, 0.6) is 0 Å². The standard InChI is InChI=1S/C10H17NO2/c12-10(9-5-2-6-13-9)11-7-8-3-1-4-8/h8-9H,1-7H2,(H,11,12). The van der Waals surface area contributed by atoms with E-state index < -0.39 is 0 Å². The van der Waals surface area contributed by atoms with E-state index in [0.29, 0.717) is 0 Å². The molecule has 13 heavy (non-hydrogen) atoms. The molecule has 3 nitrogen and oxygen atoms in total. The topological polar surface area (TPSA) is 38.3 Å². The van der Waals surface area contributed by atoms with Crippen LogP contribution >= 0.6 is 0 Å². The number of carbonyl (C=O) groups excluding carboxylic acids is 1. The number of amides is 1. The van der Waals surface area contributed by atoms with E-state index in [-0.39, 0.29) is 12.0 Å². The fourth-order valence-electron chi connectivity index (χ4n) is 1.84. The molecule has 0 aromatic heterocycles. The molecule has 0 aromatic rings. The van der Waals surface area contributed by atoms with Gasteiger partial charge >= 0.3 is 0 Å². The van der Waals surface area contributed by atoms with Crippen molar-refractivity contribution in [2.45, 2.75) is 38.2 Å². The summed E-state index contributed by atoms with van der Waals surface area (Å²) in [6.45, 7) is 1.61. The summed E-state index contributed by atoms with van der Waals surface area (Å²) in [7, 11) is 0. The molecule has 0 bridgehead atoms. The third kappa shape index (κ3) is 2.21. The summed E-state index contributed by atoms with van der Waals surface area (Å²) < 4.78 is 5.29. The molecule has 0 spiro atoms. The van der Waals surface area contributed by atoms with Crippen molar-refractivity contribution in [3.63, 3.8) is 0 Å². The second-order valence-corrected chi connectivity index (χ2v) is 4.04. The summed E-state index contributed by atoms with van der Waals surface area (Å²) in [5.74, 6) is 0.842. The highest BCUT2D eigenvalue weighted by Crippen LogP contribution is 2.25. The van der Waals surface area contributed by atoms with Crippen LogP contribution in [0.15, 0.2) is 0 Å². The lowest BCUT2D eigenvalue weighted by molar-refractivity contribution is -0.130. The van der Waals surface area contributed by atoms with Crippen molar-refractivity contribution in [1.29, 1.82) is 0 Å². The van der Waals surface area contributed by atoms with Crippen LogP contribution < -0.4 is 5.32 Å². The number of hydrogen-bond acceptors (Lipinski definition) is 2. The van der Waals surface area contributed by atoms with Crippen LogP contribution in [0.4, 0.5) is 0 Å². The van der Waals surface area contributed by atoms with Gasteiger partial charge in [-0.25, -0.2) is 0 Å². The monoisotopic (exact) mass is 183 g/mol. The third-order valence-corrected chi connectivity index (χ3v) is 3.01. The lowest BCUT2D eigenvalue weighted by Crippen LogP contribution is -2.38. The minimum Gasteiger partial charge on any atom is -0.368 e. The Morgan fingerprint density at radius 2 is 2.15 bits per heavy atom. The molecule has 0 radical (unpaired) electrons. The summed E-state index contributed by atoms with van der Waals surface area (Å²) in [5.41, 5.74) is 0. The average molecular weight is 183 g/mol. The van der Waals surface area contributed by atoms with E-state index >= 15 is 0 Å². The van der Waals surface area contributed by atoms with Gasteiger partial charge in [0.2, 0.25) is 5.91 Å². The Balaban J connectivity index is 1.65. The minimum atomic E-state index is -0.153. The van der Waals surface area contributed by atoms with Crippen LogP contribution in [0, 0.1) is 5.92 Å². The normalized spacial score (nSPS) is 28.5. The number of hydrogen-bond donors (Lipinski definition) is 1. The number of ether oxygens (including phenoxy) is 1. The molecule has 2 rings (SSSR count). The quantitative estimate of drug-likeness (QED) is 0.711. The van der Waals surface area contributed by atoms with Crippen LogP contribution in [0.1, 0.15) is 32.1 Å². The highest BCUT2D eigenvalue weighted by Gasteiger charge is 2.25. The molecule has 1 unspecified atom stereocenters. The van der Waals surface area contributed by atoms with Gasteiger partial charge in [-0.05, 0) is 31.6 Å². The molecular weight excluding hydrogens is 166 g/mol. The maximum Gasteiger partial charge on any atom is 0.249 e. The van der Waals surface area contributed by atoms with Crippen LogP contribution in [-0.2, 0) is 9.53 Å². The van der Waals surface area contributed by atoms with E-state index in [1.165, 1.54) is 19.3 Å². The maximum absolute atomic E-state index is 11.5. The van der Waals surface area contributed by atoms with E-state index in [9.17, 15) is 4.79 Å². The van der Waals surface area contributed by atoms with Gasteiger partial charge in [0.1, 0.15) is 6.10 Å². The third-order valence-electron chi connectivity index (χ3n) is 3.01. The lowest BCUT2D eigenvalue weighted by atomic mass is 9.85. The summed E-state index contributed by atoms with van der Waals surface area (Å²) >= 11 is 0. The molecule has 1 heterocycles. The number of carbonyl (C=O) groups is 1. The predicted octanol–water partition coefficient (Wildman–Crippen LogP) is 1.08.